The number of urea groups is 2. The molecule has 0 aromatic heterocycles. The summed E-state index contributed by atoms with van der Waals surface area (Å²) in [4.78, 5) is 23.7. The highest BCUT2D eigenvalue weighted by molar-refractivity contribution is 6.42. The zero-order valence-electron chi connectivity index (χ0n) is 17.4. The average molecular weight is 520 g/mol. The van der Waals surface area contributed by atoms with Crippen LogP contribution in [0.25, 0.3) is 0 Å². The minimum Gasteiger partial charge on any atom is -0.338 e. The number of rotatable bonds is 11. The van der Waals surface area contributed by atoms with Crippen molar-refractivity contribution in [2.24, 2.45) is 0 Å². The Morgan fingerprint density at radius 3 is 1.34 bits per heavy atom. The van der Waals surface area contributed by atoms with Crippen molar-refractivity contribution in [3.63, 3.8) is 0 Å². The Bertz CT molecular complexity index is 838. The van der Waals surface area contributed by atoms with Crippen LogP contribution in [0.3, 0.4) is 0 Å². The van der Waals surface area contributed by atoms with Gasteiger partial charge in [-0.2, -0.15) is 0 Å². The molecule has 6 nitrogen and oxygen atoms in total. The summed E-state index contributed by atoms with van der Waals surface area (Å²) < 4.78 is 0. The highest BCUT2D eigenvalue weighted by Gasteiger charge is 2.04. The summed E-state index contributed by atoms with van der Waals surface area (Å²) in [5.41, 5.74) is 1.76. The fourth-order valence-corrected chi connectivity index (χ4v) is 3.44. The number of hydrogen-bond acceptors (Lipinski definition) is 2. The summed E-state index contributed by atoms with van der Waals surface area (Å²) in [6.07, 6.45) is 3.65. The number of benzene rings is 2. The second-order valence-electron chi connectivity index (χ2n) is 7.13. The third kappa shape index (κ3) is 10.2. The Labute approximate surface area is 208 Å². The number of halogens is 4. The van der Waals surface area contributed by atoms with Gasteiger partial charge in [0.25, 0.3) is 0 Å². The van der Waals surface area contributed by atoms with Crippen molar-refractivity contribution in [3.8, 4) is 0 Å². The maximum Gasteiger partial charge on any atom is 0.315 e. The lowest BCUT2D eigenvalue weighted by atomic mass is 10.2. The van der Waals surface area contributed by atoms with Crippen LogP contribution in [0.5, 0.6) is 0 Å². The standard InChI is InChI=1S/C22H26Cl4N4O2/c23-17-7-5-15(11-19(17)25)13-29-21(31)27-9-3-1-2-4-10-28-22(32)30-14-16-6-8-18(24)20(26)12-16/h5-8,11-12H,1-4,9-10,13-14H2,(H2,27,29,31)(H2,28,30,32). The van der Waals surface area contributed by atoms with E-state index >= 15 is 0 Å². The zero-order chi connectivity index (χ0) is 23.3. The van der Waals surface area contributed by atoms with Crippen molar-refractivity contribution < 1.29 is 9.59 Å². The van der Waals surface area contributed by atoms with Crippen LogP contribution in [0.2, 0.25) is 20.1 Å². The van der Waals surface area contributed by atoms with Crippen LogP contribution in [0, 0.1) is 0 Å². The van der Waals surface area contributed by atoms with Gasteiger partial charge in [-0.15, -0.1) is 0 Å². The molecule has 0 saturated heterocycles. The molecule has 0 bridgehead atoms. The Morgan fingerprint density at radius 2 is 0.969 bits per heavy atom. The van der Waals surface area contributed by atoms with Crippen molar-refractivity contribution in [2.45, 2.75) is 38.8 Å². The number of amides is 4. The molecule has 2 aromatic carbocycles. The number of unbranched alkanes of at least 4 members (excludes halogenated alkanes) is 3. The van der Waals surface area contributed by atoms with Crippen LogP contribution < -0.4 is 21.3 Å². The molecule has 0 aliphatic rings. The molecule has 0 unspecified atom stereocenters. The van der Waals surface area contributed by atoms with Crippen LogP contribution in [-0.2, 0) is 13.1 Å². The molecule has 10 heteroatoms. The Kier molecular flexibility index (Phi) is 11.8. The fraction of sp³-hybridized carbons (Fsp3) is 0.364. The Hall–Kier alpha value is -1.86. The van der Waals surface area contributed by atoms with E-state index in [-0.39, 0.29) is 12.1 Å². The summed E-state index contributed by atoms with van der Waals surface area (Å²) >= 11 is 23.7. The second-order valence-corrected chi connectivity index (χ2v) is 8.76. The molecule has 0 saturated carbocycles. The monoisotopic (exact) mass is 518 g/mol. The minimum atomic E-state index is -0.226. The molecule has 2 rings (SSSR count). The first kappa shape index (κ1) is 26.4. The number of hydrogen-bond donors (Lipinski definition) is 4. The average Bonchev–Trinajstić information content (AvgIpc) is 2.77. The van der Waals surface area contributed by atoms with Gasteiger partial charge in [0.05, 0.1) is 20.1 Å². The maximum absolute atomic E-state index is 11.8. The largest absolute Gasteiger partial charge is 0.338 e. The molecule has 4 N–H and O–H groups in total. The number of carbonyl (C=O) groups excluding carboxylic acids is 2. The van der Waals surface area contributed by atoms with Crippen molar-refractivity contribution in [2.75, 3.05) is 13.1 Å². The molecule has 4 amide bonds. The molecule has 2 aromatic rings. The van der Waals surface area contributed by atoms with Crippen LogP contribution >= 0.6 is 46.4 Å². The van der Waals surface area contributed by atoms with Crippen LogP contribution in [0.15, 0.2) is 36.4 Å². The van der Waals surface area contributed by atoms with E-state index in [1.165, 1.54) is 0 Å². The van der Waals surface area contributed by atoms with Crippen molar-refractivity contribution >= 4 is 58.5 Å². The van der Waals surface area contributed by atoms with Crippen molar-refractivity contribution in [1.29, 1.82) is 0 Å². The van der Waals surface area contributed by atoms with Crippen LogP contribution in [0.4, 0.5) is 9.59 Å². The van der Waals surface area contributed by atoms with E-state index in [9.17, 15) is 9.59 Å². The predicted octanol–water partition coefficient (Wildman–Crippen LogP) is 6.16. The number of carbonyl (C=O) groups is 2. The van der Waals surface area contributed by atoms with Gasteiger partial charge in [-0.05, 0) is 48.2 Å². The van der Waals surface area contributed by atoms with Gasteiger partial charge in [0.15, 0.2) is 0 Å². The van der Waals surface area contributed by atoms with E-state index < -0.39 is 0 Å². The Morgan fingerprint density at radius 1 is 0.562 bits per heavy atom. The first-order valence-electron chi connectivity index (χ1n) is 10.3. The third-order valence-electron chi connectivity index (χ3n) is 4.55. The molecule has 32 heavy (non-hydrogen) atoms. The normalized spacial score (nSPS) is 10.5. The smallest absolute Gasteiger partial charge is 0.315 e. The van der Waals surface area contributed by atoms with Crippen LogP contribution in [-0.4, -0.2) is 25.2 Å². The summed E-state index contributed by atoms with van der Waals surface area (Å²) in [6.45, 7) is 1.93. The van der Waals surface area contributed by atoms with Gasteiger partial charge in [0, 0.05) is 26.2 Å². The van der Waals surface area contributed by atoms with E-state index in [1.807, 2.05) is 12.1 Å². The highest BCUT2D eigenvalue weighted by atomic mass is 35.5. The number of nitrogens with one attached hydrogen (secondary N) is 4. The molecule has 0 spiro atoms. The van der Waals surface area contributed by atoms with E-state index in [0.717, 1.165) is 36.8 Å². The van der Waals surface area contributed by atoms with Gasteiger partial charge in [0.1, 0.15) is 0 Å². The summed E-state index contributed by atoms with van der Waals surface area (Å²) in [5, 5.41) is 13.1. The molecular formula is C22H26Cl4N4O2. The lowest BCUT2D eigenvalue weighted by molar-refractivity contribution is 0.239. The van der Waals surface area contributed by atoms with Gasteiger partial charge in [-0.3, -0.25) is 0 Å². The zero-order valence-corrected chi connectivity index (χ0v) is 20.5. The fourth-order valence-electron chi connectivity index (χ4n) is 2.80. The summed E-state index contributed by atoms with van der Waals surface area (Å²) in [7, 11) is 0. The van der Waals surface area contributed by atoms with E-state index in [2.05, 4.69) is 21.3 Å². The van der Waals surface area contributed by atoms with Gasteiger partial charge in [-0.1, -0.05) is 71.4 Å². The predicted molar refractivity (Wildman–Crippen MR) is 132 cm³/mol. The van der Waals surface area contributed by atoms with Gasteiger partial charge >= 0.3 is 12.1 Å². The van der Waals surface area contributed by atoms with Gasteiger partial charge in [0.2, 0.25) is 0 Å². The summed E-state index contributed by atoms with van der Waals surface area (Å²) in [6, 6.07) is 10.0. The molecule has 0 atom stereocenters. The third-order valence-corrected chi connectivity index (χ3v) is 6.03. The van der Waals surface area contributed by atoms with E-state index in [0.29, 0.717) is 46.3 Å². The molecule has 0 aliphatic carbocycles. The summed E-state index contributed by atoms with van der Waals surface area (Å²) in [5.74, 6) is 0. The van der Waals surface area contributed by atoms with E-state index in [4.69, 9.17) is 46.4 Å². The lowest BCUT2D eigenvalue weighted by Gasteiger charge is -2.09. The van der Waals surface area contributed by atoms with Crippen molar-refractivity contribution in [1.82, 2.24) is 21.3 Å². The molecular weight excluding hydrogens is 494 g/mol. The van der Waals surface area contributed by atoms with Crippen LogP contribution in [0.1, 0.15) is 36.8 Å². The highest BCUT2D eigenvalue weighted by Crippen LogP contribution is 2.23. The first-order chi connectivity index (χ1) is 15.3. The van der Waals surface area contributed by atoms with Gasteiger partial charge in [-0.25, -0.2) is 9.59 Å². The van der Waals surface area contributed by atoms with E-state index in [1.54, 1.807) is 24.3 Å². The maximum atomic E-state index is 11.8. The quantitative estimate of drug-likeness (QED) is 0.268. The van der Waals surface area contributed by atoms with Gasteiger partial charge < -0.3 is 21.3 Å². The molecule has 174 valence electrons. The lowest BCUT2D eigenvalue weighted by Crippen LogP contribution is -2.35. The molecule has 0 radical (unpaired) electrons. The molecule has 0 fully saturated rings. The molecule has 0 aliphatic heterocycles. The first-order valence-corrected chi connectivity index (χ1v) is 11.8. The second kappa shape index (κ2) is 14.3. The Balaban J connectivity index is 1.45. The molecule has 0 heterocycles. The minimum absolute atomic E-state index is 0.226. The SMILES string of the molecule is O=C(NCCCCCCNC(=O)NCc1ccc(Cl)c(Cl)c1)NCc1ccc(Cl)c(Cl)c1. The topological polar surface area (TPSA) is 82.3 Å². The van der Waals surface area contributed by atoms with Crippen molar-refractivity contribution in [3.05, 3.63) is 67.6 Å².